The molecule has 67 heavy (non-hydrogen) atoms. The Hall–Kier alpha value is -8.44. The van der Waals surface area contributed by atoms with Gasteiger partial charge in [-0.05, 0) is 98.8 Å². The average Bonchev–Trinajstić information content (AvgIpc) is 4.05. The highest BCUT2D eigenvalue weighted by molar-refractivity contribution is 7.26. The number of nitrogens with zero attached hydrogens (tertiary/aromatic N) is 1. The molecule has 11 aromatic carbocycles. The van der Waals surface area contributed by atoms with Crippen LogP contribution in [-0.4, -0.2) is 0 Å². The first-order valence-corrected chi connectivity index (χ1v) is 23.7. The summed E-state index contributed by atoms with van der Waals surface area (Å²) >= 11 is 1.85. The maximum Gasteiger partial charge on any atom is 0.140 e. The summed E-state index contributed by atoms with van der Waals surface area (Å²) in [6, 6.07) is 82.1. The molecule has 0 fully saturated rings. The van der Waals surface area contributed by atoms with Crippen LogP contribution in [0, 0.1) is 0 Å². The van der Waals surface area contributed by atoms with Crippen LogP contribution in [0.4, 0.5) is 17.1 Å². The lowest BCUT2D eigenvalue weighted by molar-refractivity contribution is 0.447. The predicted molar refractivity (Wildman–Crippen MR) is 279 cm³/mol. The third-order valence-electron chi connectivity index (χ3n) is 14.5. The van der Waals surface area contributed by atoms with E-state index in [1.165, 1.54) is 48.0 Å². The fourth-order valence-electron chi connectivity index (χ4n) is 11.7. The molecule has 0 unspecified atom stereocenters. The van der Waals surface area contributed by atoms with Gasteiger partial charge in [-0.3, -0.25) is 0 Å². The van der Waals surface area contributed by atoms with Gasteiger partial charge in [0.2, 0.25) is 0 Å². The number of hydrogen-bond acceptors (Lipinski definition) is 4. The van der Waals surface area contributed by atoms with Gasteiger partial charge in [-0.1, -0.05) is 170 Å². The molecule has 13 aromatic rings. The van der Waals surface area contributed by atoms with Crippen LogP contribution in [0.1, 0.15) is 22.3 Å². The Morgan fingerprint density at radius 1 is 0.388 bits per heavy atom. The molecule has 0 amide bonds. The Balaban J connectivity index is 0.994. The standard InChI is InChI=1S/C63H37NO2S/c1-3-18-44-38(14-1)30-33-52-61(44)66-62-45-19-4-2-15-39(45)31-34-53(62)63(52)50-24-8-5-21-47(50)59-43(23-12-25-51(59)63)40-16-11-17-41(36-40)64(42-32-35-56-49(37-42)46-20-6-9-27-55(46)65-56)54-26-13-29-58-60(54)48-22-7-10-28-57(48)67-58/h1-37H. The molecule has 1 spiro atoms. The fraction of sp³-hybridized carbons (Fsp3) is 0.0159. The number of fused-ring (bicyclic) bond motifs is 19. The van der Waals surface area contributed by atoms with E-state index in [9.17, 15) is 0 Å². The summed E-state index contributed by atoms with van der Waals surface area (Å²) < 4.78 is 16.2. The minimum Gasteiger partial charge on any atom is -0.456 e. The molecule has 15 rings (SSSR count). The summed E-state index contributed by atoms with van der Waals surface area (Å²) in [5.74, 6) is 1.84. The van der Waals surface area contributed by atoms with Crippen molar-refractivity contribution in [2.24, 2.45) is 0 Å². The average molecular weight is 872 g/mol. The fourth-order valence-corrected chi connectivity index (χ4v) is 12.9. The van der Waals surface area contributed by atoms with E-state index in [2.05, 4.69) is 223 Å². The van der Waals surface area contributed by atoms with E-state index in [-0.39, 0.29) is 0 Å². The van der Waals surface area contributed by atoms with Crippen LogP contribution < -0.4 is 9.64 Å². The largest absolute Gasteiger partial charge is 0.456 e. The van der Waals surface area contributed by atoms with E-state index >= 15 is 0 Å². The lowest BCUT2D eigenvalue weighted by Gasteiger charge is -2.40. The van der Waals surface area contributed by atoms with E-state index in [4.69, 9.17) is 9.15 Å². The topological polar surface area (TPSA) is 25.6 Å². The van der Waals surface area contributed by atoms with Gasteiger partial charge in [0.05, 0.1) is 11.1 Å². The molecule has 3 heterocycles. The summed E-state index contributed by atoms with van der Waals surface area (Å²) in [5, 5.41) is 9.26. The number of ether oxygens (including phenoxy) is 1. The van der Waals surface area contributed by atoms with E-state index in [0.717, 1.165) is 88.7 Å². The Morgan fingerprint density at radius 2 is 1.00 bits per heavy atom. The second-order valence-electron chi connectivity index (χ2n) is 17.9. The smallest absolute Gasteiger partial charge is 0.140 e. The number of para-hydroxylation sites is 1. The van der Waals surface area contributed by atoms with Gasteiger partial charge >= 0.3 is 0 Å². The number of rotatable bonds is 4. The molecule has 2 aromatic heterocycles. The summed E-state index contributed by atoms with van der Waals surface area (Å²) in [6.45, 7) is 0. The van der Waals surface area contributed by atoms with Crippen LogP contribution in [0.25, 0.3) is 85.9 Å². The van der Waals surface area contributed by atoms with Crippen LogP contribution in [-0.2, 0) is 5.41 Å². The van der Waals surface area contributed by atoms with Crippen molar-refractivity contribution in [1.82, 2.24) is 0 Å². The monoisotopic (exact) mass is 871 g/mol. The van der Waals surface area contributed by atoms with Crippen LogP contribution >= 0.6 is 11.3 Å². The van der Waals surface area contributed by atoms with Crippen molar-refractivity contribution in [3.05, 3.63) is 247 Å². The van der Waals surface area contributed by atoms with Crippen molar-refractivity contribution in [2.75, 3.05) is 4.90 Å². The second kappa shape index (κ2) is 13.8. The van der Waals surface area contributed by atoms with Crippen LogP contribution in [0.3, 0.4) is 0 Å². The van der Waals surface area contributed by atoms with Gasteiger partial charge in [-0.25, -0.2) is 0 Å². The molecule has 0 saturated heterocycles. The summed E-state index contributed by atoms with van der Waals surface area (Å²) in [6.07, 6.45) is 0. The van der Waals surface area contributed by atoms with Crippen molar-refractivity contribution in [1.29, 1.82) is 0 Å². The summed E-state index contributed by atoms with van der Waals surface area (Å²) in [5.41, 5.74) is 14.1. The lowest BCUT2D eigenvalue weighted by Crippen LogP contribution is -2.32. The van der Waals surface area contributed by atoms with Crippen molar-refractivity contribution < 1.29 is 9.15 Å². The van der Waals surface area contributed by atoms with E-state index in [1.54, 1.807) is 0 Å². The molecule has 0 saturated carbocycles. The zero-order valence-electron chi connectivity index (χ0n) is 36.0. The quantitative estimate of drug-likeness (QED) is 0.176. The lowest BCUT2D eigenvalue weighted by atomic mass is 9.65. The number of benzene rings is 11. The van der Waals surface area contributed by atoms with Gasteiger partial charge in [-0.15, -0.1) is 11.3 Å². The zero-order chi connectivity index (χ0) is 43.8. The van der Waals surface area contributed by atoms with E-state index in [0.29, 0.717) is 0 Å². The highest BCUT2D eigenvalue weighted by Gasteiger charge is 2.52. The summed E-state index contributed by atoms with van der Waals surface area (Å²) in [4.78, 5) is 2.45. The Kier molecular flexibility index (Phi) is 7.58. The number of hydrogen-bond donors (Lipinski definition) is 0. The van der Waals surface area contributed by atoms with Gasteiger partial charge in [0.25, 0.3) is 0 Å². The van der Waals surface area contributed by atoms with Gasteiger partial charge in [0.15, 0.2) is 0 Å². The zero-order valence-corrected chi connectivity index (χ0v) is 36.9. The molecule has 0 bridgehead atoms. The number of anilines is 3. The maximum absolute atomic E-state index is 7.25. The van der Waals surface area contributed by atoms with Gasteiger partial charge < -0.3 is 14.1 Å². The Labute approximate surface area is 390 Å². The third-order valence-corrected chi connectivity index (χ3v) is 15.6. The first-order valence-electron chi connectivity index (χ1n) is 22.9. The molecule has 312 valence electrons. The van der Waals surface area contributed by atoms with Gasteiger partial charge in [-0.2, -0.15) is 0 Å². The maximum atomic E-state index is 7.25. The minimum absolute atomic E-state index is 0.638. The molecule has 0 radical (unpaired) electrons. The minimum atomic E-state index is -0.638. The number of thiophene rings is 1. The molecular formula is C63H37NO2S. The highest BCUT2D eigenvalue weighted by Crippen LogP contribution is 2.65. The normalized spacial score (nSPS) is 13.3. The first-order chi connectivity index (χ1) is 33.2. The van der Waals surface area contributed by atoms with Crippen LogP contribution in [0.2, 0.25) is 0 Å². The molecule has 1 aliphatic heterocycles. The molecule has 0 atom stereocenters. The Bertz CT molecular complexity index is 4150. The van der Waals surface area contributed by atoms with E-state index < -0.39 is 5.41 Å². The van der Waals surface area contributed by atoms with Crippen molar-refractivity contribution in [3.63, 3.8) is 0 Å². The highest BCUT2D eigenvalue weighted by atomic mass is 32.1. The molecule has 3 nitrogen and oxygen atoms in total. The molecular weight excluding hydrogens is 835 g/mol. The predicted octanol–water partition coefficient (Wildman–Crippen LogP) is 17.9. The second-order valence-corrected chi connectivity index (χ2v) is 18.9. The third kappa shape index (κ3) is 5.05. The SMILES string of the molecule is c1cc(-c2cccc3c2-c2ccccc2C32c3ccc4ccccc4c3Oc3c2ccc2ccccc32)cc(N(c2ccc3oc4ccccc4c3c2)c2cccc3sc4ccccc4c23)c1. The Morgan fingerprint density at radius 3 is 1.82 bits per heavy atom. The molecule has 0 N–H and O–H groups in total. The van der Waals surface area contributed by atoms with Crippen molar-refractivity contribution in [3.8, 4) is 33.8 Å². The van der Waals surface area contributed by atoms with Crippen molar-refractivity contribution in [2.45, 2.75) is 5.41 Å². The first kappa shape index (κ1) is 36.9. The van der Waals surface area contributed by atoms with Gasteiger partial charge in [0.1, 0.15) is 22.7 Å². The van der Waals surface area contributed by atoms with Gasteiger partial charge in [0, 0.05) is 64.2 Å². The number of furan rings is 1. The summed E-state index contributed by atoms with van der Waals surface area (Å²) in [7, 11) is 0. The molecule has 1 aliphatic carbocycles. The van der Waals surface area contributed by atoms with E-state index in [1.807, 2.05) is 17.4 Å². The molecule has 4 heteroatoms. The molecule has 2 aliphatic rings. The van der Waals surface area contributed by atoms with Crippen LogP contribution in [0.5, 0.6) is 11.5 Å². The van der Waals surface area contributed by atoms with Crippen molar-refractivity contribution >= 4 is 92.1 Å². The van der Waals surface area contributed by atoms with Crippen LogP contribution in [0.15, 0.2) is 229 Å².